The molecule has 2 N–H and O–H groups in total. The van der Waals surface area contributed by atoms with Gasteiger partial charge < -0.3 is 15.4 Å². The zero-order chi connectivity index (χ0) is 21.7. The molecule has 1 aliphatic heterocycles. The van der Waals surface area contributed by atoms with E-state index in [2.05, 4.69) is 29.3 Å². The monoisotopic (exact) mass is 418 g/mol. The molecule has 0 radical (unpaired) electrons. The number of nitrogens with one attached hydrogen (secondary N) is 2. The maximum Gasteiger partial charge on any atom is 0.251 e. The number of carbonyl (C=O) groups excluding carboxylic acids is 2. The van der Waals surface area contributed by atoms with Crippen LogP contribution in [0.3, 0.4) is 0 Å². The summed E-state index contributed by atoms with van der Waals surface area (Å²) in [7, 11) is 0. The Kier molecular flexibility index (Phi) is 6.52. The Labute approximate surface area is 183 Å². The highest BCUT2D eigenvalue weighted by Gasteiger charge is 2.40. The fourth-order valence-electron chi connectivity index (χ4n) is 4.24. The lowest BCUT2D eigenvalue weighted by atomic mass is 9.73. The summed E-state index contributed by atoms with van der Waals surface area (Å²) in [5, 5.41) is 6.06. The summed E-state index contributed by atoms with van der Waals surface area (Å²) in [4.78, 5) is 25.7. The normalized spacial score (nSPS) is 17.5. The van der Waals surface area contributed by atoms with Crippen molar-refractivity contribution < 1.29 is 14.3 Å². The van der Waals surface area contributed by atoms with Crippen LogP contribution in [0.5, 0.6) is 0 Å². The summed E-state index contributed by atoms with van der Waals surface area (Å²) in [6.45, 7) is 5.34. The number of rotatable bonds is 8. The Hall–Kier alpha value is -2.92. The van der Waals surface area contributed by atoms with Crippen molar-refractivity contribution in [2.75, 3.05) is 19.8 Å². The van der Waals surface area contributed by atoms with Gasteiger partial charge in [0.25, 0.3) is 5.91 Å². The molecule has 0 aromatic heterocycles. The van der Waals surface area contributed by atoms with Crippen LogP contribution in [-0.2, 0) is 16.0 Å². The van der Waals surface area contributed by atoms with Crippen LogP contribution in [0.25, 0.3) is 11.1 Å². The van der Waals surface area contributed by atoms with E-state index in [1.807, 2.05) is 36.4 Å². The molecule has 2 aromatic carbocycles. The molecule has 2 aliphatic rings. The first-order chi connectivity index (χ1) is 15.1. The molecular formula is C26H30N2O3. The minimum absolute atomic E-state index is 0.0217. The summed E-state index contributed by atoms with van der Waals surface area (Å²) < 4.78 is 5.57. The van der Waals surface area contributed by atoms with E-state index in [4.69, 9.17) is 4.74 Å². The van der Waals surface area contributed by atoms with E-state index in [0.29, 0.717) is 50.6 Å². The van der Waals surface area contributed by atoms with Crippen molar-refractivity contribution >= 4 is 11.8 Å². The summed E-state index contributed by atoms with van der Waals surface area (Å²) in [5.41, 5.74) is 3.33. The van der Waals surface area contributed by atoms with Gasteiger partial charge in [-0.1, -0.05) is 42.5 Å². The second-order valence-corrected chi connectivity index (χ2v) is 8.55. The second-order valence-electron chi connectivity index (χ2n) is 8.55. The van der Waals surface area contributed by atoms with Crippen molar-refractivity contribution in [1.29, 1.82) is 0 Å². The van der Waals surface area contributed by atoms with E-state index in [0.717, 1.165) is 29.5 Å². The lowest BCUT2D eigenvalue weighted by Gasteiger charge is -2.36. The molecule has 2 amide bonds. The largest absolute Gasteiger partial charge is 0.381 e. The fourth-order valence-corrected chi connectivity index (χ4v) is 4.24. The number of ether oxygens (including phenoxy) is 1. The van der Waals surface area contributed by atoms with Crippen molar-refractivity contribution in [2.24, 2.45) is 5.41 Å². The maximum atomic E-state index is 13.1. The van der Waals surface area contributed by atoms with Gasteiger partial charge >= 0.3 is 0 Å². The quantitative estimate of drug-likeness (QED) is 0.639. The zero-order valence-electron chi connectivity index (χ0n) is 17.9. The van der Waals surface area contributed by atoms with Crippen LogP contribution >= 0.6 is 0 Å². The van der Waals surface area contributed by atoms with Crippen LogP contribution in [-0.4, -0.2) is 37.6 Å². The Morgan fingerprint density at radius 3 is 2.61 bits per heavy atom. The number of amides is 2. The third-order valence-corrected chi connectivity index (χ3v) is 6.23. The summed E-state index contributed by atoms with van der Waals surface area (Å²) in [6, 6.07) is 16.3. The van der Waals surface area contributed by atoms with Crippen LogP contribution in [0.4, 0.5) is 0 Å². The first-order valence-corrected chi connectivity index (χ1v) is 11.1. The van der Waals surface area contributed by atoms with Gasteiger partial charge in [0.05, 0.1) is 5.41 Å². The third-order valence-electron chi connectivity index (χ3n) is 6.23. The van der Waals surface area contributed by atoms with Gasteiger partial charge in [0, 0.05) is 31.4 Å². The SMILES string of the molecule is C=CCNC(=O)C1(Cc2ccccc2-c2cccc(C(=O)NC3CC3)c2)CCOCC1. The first-order valence-electron chi connectivity index (χ1n) is 11.1. The molecule has 1 saturated carbocycles. The van der Waals surface area contributed by atoms with E-state index < -0.39 is 5.41 Å². The molecule has 2 fully saturated rings. The third kappa shape index (κ3) is 5.05. The van der Waals surface area contributed by atoms with Crippen molar-refractivity contribution in [2.45, 2.75) is 38.1 Å². The molecule has 1 heterocycles. The van der Waals surface area contributed by atoms with Gasteiger partial charge in [0.15, 0.2) is 0 Å². The van der Waals surface area contributed by atoms with Crippen LogP contribution < -0.4 is 10.6 Å². The lowest BCUT2D eigenvalue weighted by Crippen LogP contribution is -2.46. The highest BCUT2D eigenvalue weighted by atomic mass is 16.5. The molecule has 2 aromatic rings. The molecule has 0 bridgehead atoms. The fraction of sp³-hybridized carbons (Fsp3) is 0.385. The van der Waals surface area contributed by atoms with Crippen LogP contribution in [0.15, 0.2) is 61.2 Å². The van der Waals surface area contributed by atoms with Gasteiger partial charge in [-0.15, -0.1) is 6.58 Å². The number of carbonyl (C=O) groups is 2. The predicted octanol–water partition coefficient (Wildman–Crippen LogP) is 3.89. The predicted molar refractivity (Wildman–Crippen MR) is 122 cm³/mol. The molecule has 5 nitrogen and oxygen atoms in total. The van der Waals surface area contributed by atoms with E-state index in [1.54, 1.807) is 6.08 Å². The highest BCUT2D eigenvalue weighted by Crippen LogP contribution is 2.38. The van der Waals surface area contributed by atoms with Crippen LogP contribution in [0, 0.1) is 5.41 Å². The Balaban J connectivity index is 1.62. The molecule has 31 heavy (non-hydrogen) atoms. The molecule has 4 rings (SSSR count). The molecule has 1 aliphatic carbocycles. The van der Waals surface area contributed by atoms with E-state index in [9.17, 15) is 9.59 Å². The summed E-state index contributed by atoms with van der Waals surface area (Å²) >= 11 is 0. The first kappa shape index (κ1) is 21.3. The molecule has 0 atom stereocenters. The van der Waals surface area contributed by atoms with Gasteiger partial charge in [-0.3, -0.25) is 9.59 Å². The molecular weight excluding hydrogens is 388 g/mol. The Morgan fingerprint density at radius 1 is 1.10 bits per heavy atom. The van der Waals surface area contributed by atoms with Gasteiger partial charge in [-0.25, -0.2) is 0 Å². The average Bonchev–Trinajstić information content (AvgIpc) is 3.62. The number of hydrogen-bond acceptors (Lipinski definition) is 3. The number of benzene rings is 2. The molecule has 0 spiro atoms. The van der Waals surface area contributed by atoms with E-state index >= 15 is 0 Å². The second kappa shape index (κ2) is 9.48. The summed E-state index contributed by atoms with van der Waals surface area (Å²) in [6.07, 6.45) is 5.84. The smallest absolute Gasteiger partial charge is 0.251 e. The standard InChI is InChI=1S/C26H30N2O3/c1-2-14-27-25(30)26(12-15-31-16-13-26)18-21-6-3-4-9-23(21)19-7-5-8-20(17-19)24(29)28-22-10-11-22/h2-9,17,22H,1,10-16,18H2,(H,27,30)(H,28,29). The summed E-state index contributed by atoms with van der Waals surface area (Å²) in [5.74, 6) is 0.0367. The molecule has 162 valence electrons. The molecule has 5 heteroatoms. The van der Waals surface area contributed by atoms with Gasteiger partial charge in [-0.05, 0) is 60.9 Å². The van der Waals surface area contributed by atoms with Gasteiger partial charge in [-0.2, -0.15) is 0 Å². The lowest BCUT2D eigenvalue weighted by molar-refractivity contribution is -0.136. The van der Waals surface area contributed by atoms with Gasteiger partial charge in [0.1, 0.15) is 0 Å². The Bertz CT molecular complexity index is 959. The van der Waals surface area contributed by atoms with E-state index in [1.165, 1.54) is 0 Å². The number of hydrogen-bond donors (Lipinski definition) is 2. The van der Waals surface area contributed by atoms with Crippen LogP contribution in [0.1, 0.15) is 41.6 Å². The van der Waals surface area contributed by atoms with E-state index in [-0.39, 0.29) is 11.8 Å². The highest BCUT2D eigenvalue weighted by molar-refractivity contribution is 5.96. The minimum Gasteiger partial charge on any atom is -0.381 e. The van der Waals surface area contributed by atoms with Crippen LogP contribution in [0.2, 0.25) is 0 Å². The topological polar surface area (TPSA) is 67.4 Å². The van der Waals surface area contributed by atoms with Crippen molar-refractivity contribution in [3.8, 4) is 11.1 Å². The zero-order valence-corrected chi connectivity index (χ0v) is 17.9. The molecule has 0 unspecified atom stereocenters. The Morgan fingerprint density at radius 2 is 1.87 bits per heavy atom. The van der Waals surface area contributed by atoms with Crippen molar-refractivity contribution in [1.82, 2.24) is 10.6 Å². The van der Waals surface area contributed by atoms with Crippen molar-refractivity contribution in [3.63, 3.8) is 0 Å². The minimum atomic E-state index is -0.502. The maximum absolute atomic E-state index is 13.1. The van der Waals surface area contributed by atoms with Gasteiger partial charge in [0.2, 0.25) is 5.91 Å². The van der Waals surface area contributed by atoms with Crippen molar-refractivity contribution in [3.05, 3.63) is 72.3 Å². The molecule has 1 saturated heterocycles. The average molecular weight is 419 g/mol.